The van der Waals surface area contributed by atoms with E-state index < -0.39 is 25.7 Å². The fraction of sp³-hybridized carbons (Fsp3) is 0.556. The Hall–Kier alpha value is -2.14. The number of nitrogens with zero attached hydrogens (tertiary/aromatic N) is 1. The zero-order chi connectivity index (χ0) is 21.7. The van der Waals surface area contributed by atoms with Gasteiger partial charge in [0.15, 0.2) is 19.7 Å². The summed E-state index contributed by atoms with van der Waals surface area (Å²) in [5, 5.41) is 2.62. The molecule has 1 unspecified atom stereocenters. The lowest BCUT2D eigenvalue weighted by Crippen LogP contribution is -2.51. The fourth-order valence-electron chi connectivity index (χ4n) is 2.79. The van der Waals surface area contributed by atoms with Gasteiger partial charge in [0.05, 0.1) is 23.0 Å². The lowest BCUT2D eigenvalue weighted by Gasteiger charge is -2.29. The smallest absolute Gasteiger partial charge is 0.244 e. The molecule has 0 aromatic heterocycles. The number of hydrogen-bond donors (Lipinski definition) is 1. The van der Waals surface area contributed by atoms with Crippen molar-refractivity contribution in [3.05, 3.63) is 24.3 Å². The first-order valence-electron chi connectivity index (χ1n) is 9.19. The van der Waals surface area contributed by atoms with E-state index in [0.29, 0.717) is 12.2 Å². The van der Waals surface area contributed by atoms with Gasteiger partial charge in [-0.15, -0.1) is 0 Å². The first-order valence-corrected chi connectivity index (χ1v) is 12.9. The molecule has 162 valence electrons. The van der Waals surface area contributed by atoms with Crippen LogP contribution in [-0.2, 0) is 29.3 Å². The van der Waals surface area contributed by atoms with Gasteiger partial charge in [-0.3, -0.25) is 9.59 Å². The number of carbonyl (C=O) groups excluding carboxylic acids is 2. The van der Waals surface area contributed by atoms with Crippen LogP contribution in [0.3, 0.4) is 0 Å². The molecule has 1 aromatic rings. The number of amides is 2. The van der Waals surface area contributed by atoms with Crippen LogP contribution in [0.25, 0.3) is 0 Å². The second-order valence-corrected chi connectivity index (χ2v) is 11.3. The van der Waals surface area contributed by atoms with Gasteiger partial charge in [0.25, 0.3) is 0 Å². The highest BCUT2D eigenvalue weighted by atomic mass is 32.2. The molecule has 1 aromatic carbocycles. The number of carbonyl (C=O) groups is 2. The van der Waals surface area contributed by atoms with Crippen molar-refractivity contribution in [3.8, 4) is 5.75 Å². The largest absolute Gasteiger partial charge is 0.494 e. The van der Waals surface area contributed by atoms with Gasteiger partial charge in [-0.1, -0.05) is 0 Å². The highest BCUT2D eigenvalue weighted by molar-refractivity contribution is 7.91. The SMILES string of the molecule is CC(NC(=O)CCCOc1ccc(S(C)(=O)=O)cc1)C(=O)N1CCS(=O)(=O)CC1. The van der Waals surface area contributed by atoms with Crippen LogP contribution in [0.2, 0.25) is 0 Å². The number of hydrogen-bond acceptors (Lipinski definition) is 7. The van der Waals surface area contributed by atoms with E-state index in [-0.39, 0.29) is 54.3 Å². The minimum absolute atomic E-state index is 0.0537. The Kier molecular flexibility index (Phi) is 7.64. The van der Waals surface area contributed by atoms with Crippen LogP contribution in [-0.4, -0.2) is 77.0 Å². The molecule has 0 saturated carbocycles. The minimum Gasteiger partial charge on any atom is -0.494 e. The van der Waals surface area contributed by atoms with E-state index in [1.54, 1.807) is 19.1 Å². The molecule has 29 heavy (non-hydrogen) atoms. The topological polar surface area (TPSA) is 127 Å². The van der Waals surface area contributed by atoms with Gasteiger partial charge in [-0.25, -0.2) is 16.8 Å². The Morgan fingerprint density at radius 3 is 2.31 bits per heavy atom. The van der Waals surface area contributed by atoms with Crippen molar-refractivity contribution in [1.29, 1.82) is 0 Å². The summed E-state index contributed by atoms with van der Waals surface area (Å²) in [6.45, 7) is 2.13. The van der Waals surface area contributed by atoms with Crippen LogP contribution < -0.4 is 10.1 Å². The molecule has 9 nitrogen and oxygen atoms in total. The molecule has 0 radical (unpaired) electrons. The number of nitrogens with one attached hydrogen (secondary N) is 1. The zero-order valence-electron chi connectivity index (χ0n) is 16.5. The first-order chi connectivity index (χ1) is 13.5. The third kappa shape index (κ3) is 7.32. The normalized spacial score (nSPS) is 17.4. The summed E-state index contributed by atoms with van der Waals surface area (Å²) in [7, 11) is -6.33. The average Bonchev–Trinajstić information content (AvgIpc) is 2.64. The van der Waals surface area contributed by atoms with Gasteiger partial charge in [0.1, 0.15) is 11.8 Å². The molecule has 1 atom stereocenters. The second-order valence-electron chi connectivity index (χ2n) is 6.96. The lowest BCUT2D eigenvalue weighted by molar-refractivity contribution is -0.135. The van der Waals surface area contributed by atoms with Gasteiger partial charge in [0, 0.05) is 25.8 Å². The van der Waals surface area contributed by atoms with Crippen molar-refractivity contribution in [3.63, 3.8) is 0 Å². The molecule has 1 aliphatic heterocycles. The van der Waals surface area contributed by atoms with E-state index in [9.17, 15) is 26.4 Å². The molecular weight excluding hydrogens is 420 g/mol. The first kappa shape index (κ1) is 23.1. The maximum Gasteiger partial charge on any atom is 0.244 e. The van der Waals surface area contributed by atoms with Crippen LogP contribution in [0.15, 0.2) is 29.2 Å². The summed E-state index contributed by atoms with van der Waals surface area (Å²) < 4.78 is 51.2. The molecule has 0 bridgehead atoms. The van der Waals surface area contributed by atoms with Gasteiger partial charge in [-0.2, -0.15) is 0 Å². The van der Waals surface area contributed by atoms with Crippen LogP contribution in [0, 0.1) is 0 Å². The van der Waals surface area contributed by atoms with Crippen LogP contribution in [0.1, 0.15) is 19.8 Å². The maximum absolute atomic E-state index is 12.3. The van der Waals surface area contributed by atoms with Crippen molar-refractivity contribution in [2.45, 2.75) is 30.7 Å². The van der Waals surface area contributed by atoms with E-state index in [1.807, 2.05) is 0 Å². The molecule has 1 fully saturated rings. The zero-order valence-corrected chi connectivity index (χ0v) is 18.1. The van der Waals surface area contributed by atoms with Gasteiger partial charge < -0.3 is 15.0 Å². The van der Waals surface area contributed by atoms with Crippen molar-refractivity contribution in [1.82, 2.24) is 10.2 Å². The van der Waals surface area contributed by atoms with E-state index in [0.717, 1.165) is 6.26 Å². The maximum atomic E-state index is 12.3. The fourth-order valence-corrected chi connectivity index (χ4v) is 4.62. The summed E-state index contributed by atoms with van der Waals surface area (Å²) >= 11 is 0. The molecule has 1 aliphatic rings. The Bertz CT molecular complexity index is 927. The highest BCUT2D eigenvalue weighted by Crippen LogP contribution is 2.16. The molecule has 1 saturated heterocycles. The summed E-state index contributed by atoms with van der Waals surface area (Å²) in [6.07, 6.45) is 1.70. The predicted octanol–water partition coefficient (Wildman–Crippen LogP) is 0.0108. The molecule has 2 rings (SSSR count). The lowest BCUT2D eigenvalue weighted by atomic mass is 10.2. The Morgan fingerprint density at radius 1 is 1.17 bits per heavy atom. The monoisotopic (exact) mass is 446 g/mol. The number of rotatable bonds is 8. The molecule has 11 heteroatoms. The molecule has 1 heterocycles. The molecule has 1 N–H and O–H groups in total. The summed E-state index contributed by atoms with van der Waals surface area (Å²) in [6, 6.07) is 5.28. The number of sulfone groups is 2. The molecular formula is C18H26N2O7S2. The Labute approximate surface area is 171 Å². The standard InChI is InChI=1S/C18H26N2O7S2/c1-14(18(22)20-9-12-29(25,26)13-10-20)19-17(21)4-3-11-27-15-5-7-16(8-6-15)28(2,23)24/h5-8,14H,3-4,9-13H2,1-2H3,(H,19,21). The second kappa shape index (κ2) is 9.57. The minimum atomic E-state index is -3.26. The van der Waals surface area contributed by atoms with Crippen LogP contribution >= 0.6 is 0 Å². The third-order valence-corrected chi connectivity index (χ3v) is 7.21. The average molecular weight is 447 g/mol. The van der Waals surface area contributed by atoms with Crippen molar-refractivity contribution < 1.29 is 31.2 Å². The van der Waals surface area contributed by atoms with E-state index in [1.165, 1.54) is 17.0 Å². The summed E-state index contributed by atoms with van der Waals surface area (Å²) in [5.74, 6) is -0.201. The van der Waals surface area contributed by atoms with Crippen molar-refractivity contribution in [2.75, 3.05) is 37.5 Å². The third-order valence-electron chi connectivity index (χ3n) is 4.47. The molecule has 2 amide bonds. The number of ether oxygens (including phenoxy) is 1. The van der Waals surface area contributed by atoms with Crippen LogP contribution in [0.5, 0.6) is 5.75 Å². The Morgan fingerprint density at radius 2 is 1.76 bits per heavy atom. The summed E-state index contributed by atoms with van der Waals surface area (Å²) in [4.78, 5) is 26.0. The van der Waals surface area contributed by atoms with Gasteiger partial charge >= 0.3 is 0 Å². The van der Waals surface area contributed by atoms with E-state index in [2.05, 4.69) is 5.32 Å². The summed E-state index contributed by atoms with van der Waals surface area (Å²) in [5.41, 5.74) is 0. The Balaban J connectivity index is 1.69. The number of benzene rings is 1. The molecule has 0 spiro atoms. The van der Waals surface area contributed by atoms with E-state index >= 15 is 0 Å². The quantitative estimate of drug-likeness (QED) is 0.557. The van der Waals surface area contributed by atoms with Crippen molar-refractivity contribution in [2.24, 2.45) is 0 Å². The van der Waals surface area contributed by atoms with Gasteiger partial charge in [0.2, 0.25) is 11.8 Å². The van der Waals surface area contributed by atoms with Gasteiger partial charge in [-0.05, 0) is 37.6 Å². The molecule has 0 aliphatic carbocycles. The highest BCUT2D eigenvalue weighted by Gasteiger charge is 2.28. The van der Waals surface area contributed by atoms with E-state index in [4.69, 9.17) is 4.74 Å². The van der Waals surface area contributed by atoms with Crippen molar-refractivity contribution >= 4 is 31.5 Å². The predicted molar refractivity (Wildman–Crippen MR) is 107 cm³/mol. The van der Waals surface area contributed by atoms with Crippen LogP contribution in [0.4, 0.5) is 0 Å².